The number of thiophene rings is 1. The van der Waals surface area contributed by atoms with Crippen LogP contribution in [0.15, 0.2) is 58.8 Å². The van der Waals surface area contributed by atoms with E-state index in [1.165, 1.54) is 28.6 Å². The molecule has 1 fully saturated rings. The first-order valence-electron chi connectivity index (χ1n) is 12.4. The second-order valence-corrected chi connectivity index (χ2v) is 12.1. The monoisotopic (exact) mass is 605 g/mol. The summed E-state index contributed by atoms with van der Waals surface area (Å²) >= 11 is 7.43. The van der Waals surface area contributed by atoms with E-state index in [9.17, 15) is 22.8 Å². The number of hydrogen-bond donors (Lipinski definition) is 1. The van der Waals surface area contributed by atoms with E-state index in [1.807, 2.05) is 11.9 Å². The van der Waals surface area contributed by atoms with E-state index in [0.717, 1.165) is 11.3 Å². The number of amides is 1. The van der Waals surface area contributed by atoms with Crippen molar-refractivity contribution < 1.29 is 32.3 Å². The molecule has 10 nitrogen and oxygen atoms in total. The molecule has 212 valence electrons. The van der Waals surface area contributed by atoms with Crippen LogP contribution < -0.4 is 5.32 Å². The van der Waals surface area contributed by atoms with E-state index in [0.29, 0.717) is 42.3 Å². The van der Waals surface area contributed by atoms with Crippen molar-refractivity contribution in [3.8, 4) is 11.1 Å². The van der Waals surface area contributed by atoms with Gasteiger partial charge >= 0.3 is 11.9 Å². The summed E-state index contributed by atoms with van der Waals surface area (Å²) in [6, 6.07) is 12.5. The Balaban J connectivity index is 1.45. The average molecular weight is 606 g/mol. The Labute approximate surface area is 241 Å². The molecule has 0 aliphatic carbocycles. The number of nitrogens with zero attached hydrogens (tertiary/aromatic N) is 2. The lowest BCUT2D eigenvalue weighted by Gasteiger charge is -2.31. The molecule has 2 aromatic carbocycles. The molecular formula is C27H28ClN3O7S2. The molecule has 1 aromatic heterocycles. The van der Waals surface area contributed by atoms with Gasteiger partial charge in [0.25, 0.3) is 5.91 Å². The maximum Gasteiger partial charge on any atom is 0.341 e. The van der Waals surface area contributed by atoms with Crippen molar-refractivity contribution in [2.45, 2.75) is 11.8 Å². The minimum absolute atomic E-state index is 0.00709. The van der Waals surface area contributed by atoms with Gasteiger partial charge in [-0.3, -0.25) is 4.79 Å². The molecular weight excluding hydrogens is 578 g/mol. The maximum atomic E-state index is 13.0. The second kappa shape index (κ2) is 12.9. The first kappa shape index (κ1) is 29.7. The molecule has 4 rings (SSSR count). The van der Waals surface area contributed by atoms with Crippen molar-refractivity contribution in [2.24, 2.45) is 0 Å². The summed E-state index contributed by atoms with van der Waals surface area (Å²) in [5, 5.41) is 4.93. The number of carbonyl (C=O) groups is 3. The zero-order valence-corrected chi connectivity index (χ0v) is 24.3. The molecule has 1 saturated heterocycles. The molecule has 0 saturated carbocycles. The highest BCUT2D eigenvalue weighted by Gasteiger charge is 2.28. The predicted octanol–water partition coefficient (Wildman–Crippen LogP) is 3.98. The summed E-state index contributed by atoms with van der Waals surface area (Å²) in [6.07, 6.45) is 0. The lowest BCUT2D eigenvalue weighted by molar-refractivity contribution is -0.119. The largest absolute Gasteiger partial charge is 0.462 e. The highest BCUT2D eigenvalue weighted by Crippen LogP contribution is 2.39. The minimum Gasteiger partial charge on any atom is -0.462 e. The Bertz CT molecular complexity index is 1520. The number of esters is 2. The van der Waals surface area contributed by atoms with E-state index < -0.39 is 34.5 Å². The fraction of sp³-hybridized carbons (Fsp3) is 0.296. The number of anilines is 1. The van der Waals surface area contributed by atoms with Crippen LogP contribution in [0.25, 0.3) is 11.1 Å². The summed E-state index contributed by atoms with van der Waals surface area (Å²) in [4.78, 5) is 40.1. The van der Waals surface area contributed by atoms with Crippen LogP contribution in [-0.4, -0.2) is 81.9 Å². The Kier molecular flexibility index (Phi) is 9.59. The number of sulfonamides is 1. The summed E-state index contributed by atoms with van der Waals surface area (Å²) in [5.41, 5.74) is 1.23. The van der Waals surface area contributed by atoms with Crippen LogP contribution >= 0.6 is 22.9 Å². The molecule has 1 aliphatic rings. The van der Waals surface area contributed by atoms with E-state index in [2.05, 4.69) is 5.32 Å². The van der Waals surface area contributed by atoms with Crippen LogP contribution in [0.5, 0.6) is 0 Å². The number of likely N-dealkylation sites (N-methyl/N-ethyl adjacent to an activating group) is 1. The molecule has 13 heteroatoms. The van der Waals surface area contributed by atoms with E-state index in [-0.39, 0.29) is 27.6 Å². The van der Waals surface area contributed by atoms with Gasteiger partial charge in [-0.2, -0.15) is 4.31 Å². The molecule has 1 amide bonds. The van der Waals surface area contributed by atoms with Crippen molar-refractivity contribution in [3.05, 3.63) is 70.1 Å². The van der Waals surface area contributed by atoms with Gasteiger partial charge in [-0.25, -0.2) is 18.0 Å². The lowest BCUT2D eigenvalue weighted by atomic mass is 10.0. The van der Waals surface area contributed by atoms with Crippen LogP contribution in [0.2, 0.25) is 5.02 Å². The normalized spacial score (nSPS) is 14.5. The van der Waals surface area contributed by atoms with Gasteiger partial charge in [-0.05, 0) is 38.2 Å². The number of ether oxygens (including phenoxy) is 2. The third kappa shape index (κ3) is 6.70. The Morgan fingerprint density at radius 2 is 1.70 bits per heavy atom. The number of piperazine rings is 1. The van der Waals surface area contributed by atoms with Gasteiger partial charge in [0.05, 0.1) is 17.1 Å². The number of carbonyl (C=O) groups excluding carboxylic acids is 3. The van der Waals surface area contributed by atoms with Gasteiger partial charge in [0.15, 0.2) is 6.61 Å². The van der Waals surface area contributed by atoms with Gasteiger partial charge < -0.3 is 19.7 Å². The fourth-order valence-corrected chi connectivity index (χ4v) is 6.74. The number of rotatable bonds is 9. The molecule has 0 spiro atoms. The second-order valence-electron chi connectivity index (χ2n) is 8.91. The summed E-state index contributed by atoms with van der Waals surface area (Å²) < 4.78 is 37.8. The van der Waals surface area contributed by atoms with Crippen molar-refractivity contribution in [3.63, 3.8) is 0 Å². The zero-order chi connectivity index (χ0) is 28.9. The maximum absolute atomic E-state index is 13.0. The number of benzene rings is 2. The van der Waals surface area contributed by atoms with Gasteiger partial charge in [-0.1, -0.05) is 35.9 Å². The molecule has 40 heavy (non-hydrogen) atoms. The van der Waals surface area contributed by atoms with Crippen LogP contribution in [0.4, 0.5) is 5.00 Å². The molecule has 3 aromatic rings. The minimum atomic E-state index is -3.79. The Morgan fingerprint density at radius 1 is 0.975 bits per heavy atom. The Morgan fingerprint density at radius 3 is 2.40 bits per heavy atom. The molecule has 1 N–H and O–H groups in total. The molecule has 0 atom stereocenters. The van der Waals surface area contributed by atoms with Crippen molar-refractivity contribution in [1.82, 2.24) is 9.21 Å². The number of hydrogen-bond acceptors (Lipinski definition) is 9. The summed E-state index contributed by atoms with van der Waals surface area (Å²) in [7, 11) is -1.87. The number of halogens is 1. The van der Waals surface area contributed by atoms with Gasteiger partial charge in [0, 0.05) is 47.7 Å². The SMILES string of the molecule is CCOC(=O)c1c(-c2ccccc2Cl)csc1NC(=O)COC(=O)c1cccc(S(=O)(=O)N2CCN(C)CC2)c1. The van der Waals surface area contributed by atoms with Crippen molar-refractivity contribution in [1.29, 1.82) is 0 Å². The first-order valence-corrected chi connectivity index (χ1v) is 15.1. The first-order chi connectivity index (χ1) is 19.1. The standard InChI is InChI=1S/C27H28ClN3O7S2/c1-3-37-27(34)24-21(20-9-4-5-10-22(20)28)17-39-25(24)29-23(32)16-38-26(33)18-7-6-8-19(15-18)40(35,36)31-13-11-30(2)12-14-31/h4-10,15,17H,3,11-14,16H2,1-2H3,(H,29,32). The van der Waals surface area contributed by atoms with Crippen molar-refractivity contribution >= 4 is 55.8 Å². The van der Waals surface area contributed by atoms with Gasteiger partial charge in [0.1, 0.15) is 10.6 Å². The molecule has 1 aliphatic heterocycles. The molecule has 0 bridgehead atoms. The predicted molar refractivity (Wildman–Crippen MR) is 152 cm³/mol. The van der Waals surface area contributed by atoms with Crippen LogP contribution in [0.1, 0.15) is 27.6 Å². The van der Waals surface area contributed by atoms with E-state index in [4.69, 9.17) is 21.1 Å². The highest BCUT2D eigenvalue weighted by molar-refractivity contribution is 7.89. The number of nitrogens with one attached hydrogen (secondary N) is 1. The van der Waals surface area contributed by atoms with Crippen LogP contribution in [-0.2, 0) is 24.3 Å². The topological polar surface area (TPSA) is 122 Å². The quantitative estimate of drug-likeness (QED) is 0.364. The van der Waals surface area contributed by atoms with E-state index in [1.54, 1.807) is 36.6 Å². The molecule has 2 heterocycles. The average Bonchev–Trinajstić information content (AvgIpc) is 3.35. The summed E-state index contributed by atoms with van der Waals surface area (Å²) in [6.45, 7) is 3.06. The summed E-state index contributed by atoms with van der Waals surface area (Å²) in [5.74, 6) is -2.18. The van der Waals surface area contributed by atoms with Gasteiger partial charge in [0.2, 0.25) is 10.0 Å². The van der Waals surface area contributed by atoms with Crippen molar-refractivity contribution in [2.75, 3.05) is 51.8 Å². The molecule has 0 radical (unpaired) electrons. The third-order valence-electron chi connectivity index (χ3n) is 6.19. The molecule has 0 unspecified atom stereocenters. The Hall–Kier alpha value is -3.29. The third-order valence-corrected chi connectivity index (χ3v) is 9.31. The lowest BCUT2D eigenvalue weighted by Crippen LogP contribution is -2.47. The zero-order valence-electron chi connectivity index (χ0n) is 21.9. The van der Waals surface area contributed by atoms with Crippen LogP contribution in [0, 0.1) is 0 Å². The smallest absolute Gasteiger partial charge is 0.341 e. The van der Waals surface area contributed by atoms with Crippen LogP contribution in [0.3, 0.4) is 0 Å². The highest BCUT2D eigenvalue weighted by atomic mass is 35.5. The fourth-order valence-electron chi connectivity index (χ4n) is 4.07. The van der Waals surface area contributed by atoms with Gasteiger partial charge in [-0.15, -0.1) is 11.3 Å². The van der Waals surface area contributed by atoms with E-state index >= 15 is 0 Å².